The molecule has 3 rings (SSSR count). The average Bonchev–Trinajstić information content (AvgIpc) is 3.16. The van der Waals surface area contributed by atoms with Crippen LogP contribution in [0.2, 0.25) is 0 Å². The number of nitrogens with zero attached hydrogens (tertiary/aromatic N) is 3. The molecule has 2 heterocycles. The number of aliphatic imine (C=N–C) groups is 1. The molecular weight excluding hydrogens is 516 g/mol. The molecule has 0 aliphatic carbocycles. The molecule has 2 N–H and O–H groups in total. The highest BCUT2D eigenvalue weighted by Crippen LogP contribution is 2.21. The summed E-state index contributed by atoms with van der Waals surface area (Å²) in [5.74, 6) is 0.566. The summed E-state index contributed by atoms with van der Waals surface area (Å²) >= 11 is 1.72. The van der Waals surface area contributed by atoms with Crippen LogP contribution in [-0.2, 0) is 11.2 Å². The first kappa shape index (κ1) is 25.0. The minimum Gasteiger partial charge on any atom is -0.379 e. The van der Waals surface area contributed by atoms with Gasteiger partial charge in [0.1, 0.15) is 5.82 Å². The molecule has 6 nitrogen and oxygen atoms in total. The summed E-state index contributed by atoms with van der Waals surface area (Å²) in [6.07, 6.45) is 1.97. The minimum atomic E-state index is -0.213. The first-order chi connectivity index (χ1) is 14.2. The highest BCUT2D eigenvalue weighted by Gasteiger charge is 2.23. The van der Waals surface area contributed by atoms with E-state index in [2.05, 4.69) is 30.9 Å². The SMILES string of the molecule is CN=C(NCCCc1nc(C)cs1)NCC(c1ccc(F)cc1)N1CCOCC1.I. The molecule has 9 heteroatoms. The second kappa shape index (κ2) is 13.2. The Kier molecular flexibility index (Phi) is 11.0. The molecule has 0 spiro atoms. The van der Waals surface area contributed by atoms with E-state index in [1.807, 2.05) is 19.1 Å². The molecule has 0 amide bonds. The van der Waals surface area contributed by atoms with Gasteiger partial charge in [-0.25, -0.2) is 9.37 Å². The Labute approximate surface area is 199 Å². The summed E-state index contributed by atoms with van der Waals surface area (Å²) < 4.78 is 18.9. The van der Waals surface area contributed by atoms with Crippen molar-refractivity contribution >= 4 is 41.3 Å². The fourth-order valence-corrected chi connectivity index (χ4v) is 4.23. The fraction of sp³-hybridized carbons (Fsp3) is 0.524. The third kappa shape index (κ3) is 7.75. The average molecular weight is 547 g/mol. The van der Waals surface area contributed by atoms with Crippen LogP contribution in [0.3, 0.4) is 0 Å². The number of thiazole rings is 1. The summed E-state index contributed by atoms with van der Waals surface area (Å²) in [6.45, 7) is 6.72. The van der Waals surface area contributed by atoms with Crippen molar-refractivity contribution in [3.8, 4) is 0 Å². The van der Waals surface area contributed by atoms with Crippen molar-refractivity contribution in [2.45, 2.75) is 25.8 Å². The van der Waals surface area contributed by atoms with Gasteiger partial charge in [-0.15, -0.1) is 35.3 Å². The maximum Gasteiger partial charge on any atom is 0.191 e. The van der Waals surface area contributed by atoms with Crippen LogP contribution in [0, 0.1) is 12.7 Å². The van der Waals surface area contributed by atoms with Gasteiger partial charge in [-0.3, -0.25) is 9.89 Å². The lowest BCUT2D eigenvalue weighted by atomic mass is 10.0. The summed E-state index contributed by atoms with van der Waals surface area (Å²) in [5, 5.41) is 10.1. The Balaban J connectivity index is 0.00000320. The molecule has 1 atom stereocenters. The second-order valence-corrected chi connectivity index (χ2v) is 8.02. The molecule has 1 aliphatic rings. The van der Waals surface area contributed by atoms with Gasteiger partial charge in [-0.05, 0) is 31.0 Å². The maximum atomic E-state index is 13.4. The molecule has 0 radical (unpaired) electrons. The quantitative estimate of drug-likeness (QED) is 0.230. The number of hydrogen-bond acceptors (Lipinski definition) is 5. The fourth-order valence-electron chi connectivity index (χ4n) is 3.41. The van der Waals surface area contributed by atoms with Crippen LogP contribution in [0.5, 0.6) is 0 Å². The maximum absolute atomic E-state index is 13.4. The van der Waals surface area contributed by atoms with Crippen molar-refractivity contribution < 1.29 is 9.13 Å². The Morgan fingerprint density at radius 2 is 2.00 bits per heavy atom. The van der Waals surface area contributed by atoms with Crippen molar-refractivity contribution in [2.24, 2.45) is 4.99 Å². The Morgan fingerprint density at radius 3 is 2.63 bits per heavy atom. The number of guanidine groups is 1. The van der Waals surface area contributed by atoms with Crippen molar-refractivity contribution in [1.82, 2.24) is 20.5 Å². The Bertz CT molecular complexity index is 780. The molecule has 1 aromatic carbocycles. The Hall–Kier alpha value is -1.30. The third-order valence-corrected chi connectivity index (χ3v) is 5.98. The number of aryl methyl sites for hydroxylation is 2. The number of ether oxygens (including phenoxy) is 1. The zero-order valence-electron chi connectivity index (χ0n) is 17.6. The molecule has 1 aromatic heterocycles. The number of morpholine rings is 1. The smallest absolute Gasteiger partial charge is 0.191 e. The van der Waals surface area contributed by atoms with E-state index in [9.17, 15) is 4.39 Å². The molecule has 30 heavy (non-hydrogen) atoms. The number of halogens is 2. The van der Waals surface area contributed by atoms with E-state index in [-0.39, 0.29) is 35.8 Å². The van der Waals surface area contributed by atoms with Crippen molar-refractivity contribution in [2.75, 3.05) is 46.4 Å². The van der Waals surface area contributed by atoms with Crippen LogP contribution in [0.25, 0.3) is 0 Å². The van der Waals surface area contributed by atoms with Gasteiger partial charge in [0.25, 0.3) is 0 Å². The summed E-state index contributed by atoms with van der Waals surface area (Å²) in [4.78, 5) is 11.2. The van der Waals surface area contributed by atoms with Crippen LogP contribution in [0.1, 0.15) is 28.7 Å². The third-order valence-electron chi connectivity index (χ3n) is 4.95. The minimum absolute atomic E-state index is 0. The van der Waals surface area contributed by atoms with E-state index < -0.39 is 0 Å². The normalized spacial score (nSPS) is 16.0. The van der Waals surface area contributed by atoms with Crippen molar-refractivity contribution in [3.05, 3.63) is 51.7 Å². The van der Waals surface area contributed by atoms with E-state index in [1.54, 1.807) is 18.4 Å². The zero-order chi connectivity index (χ0) is 20.5. The van der Waals surface area contributed by atoms with Gasteiger partial charge in [-0.2, -0.15) is 0 Å². The lowest BCUT2D eigenvalue weighted by Gasteiger charge is -2.35. The highest BCUT2D eigenvalue weighted by molar-refractivity contribution is 14.0. The highest BCUT2D eigenvalue weighted by atomic mass is 127. The van der Waals surface area contributed by atoms with E-state index in [0.29, 0.717) is 6.54 Å². The van der Waals surface area contributed by atoms with Gasteiger partial charge < -0.3 is 15.4 Å². The van der Waals surface area contributed by atoms with Crippen molar-refractivity contribution in [3.63, 3.8) is 0 Å². The topological polar surface area (TPSA) is 61.8 Å². The van der Waals surface area contributed by atoms with Gasteiger partial charge in [0.15, 0.2) is 5.96 Å². The molecule has 2 aromatic rings. The molecule has 0 bridgehead atoms. The number of rotatable bonds is 8. The van der Waals surface area contributed by atoms with E-state index in [0.717, 1.165) is 62.9 Å². The molecule has 1 fully saturated rings. The van der Waals surface area contributed by atoms with Gasteiger partial charge >= 0.3 is 0 Å². The number of hydrogen-bond donors (Lipinski definition) is 2. The lowest BCUT2D eigenvalue weighted by molar-refractivity contribution is 0.0170. The first-order valence-electron chi connectivity index (χ1n) is 10.1. The van der Waals surface area contributed by atoms with E-state index >= 15 is 0 Å². The van der Waals surface area contributed by atoms with Crippen molar-refractivity contribution in [1.29, 1.82) is 0 Å². The largest absolute Gasteiger partial charge is 0.379 e. The summed E-state index contributed by atoms with van der Waals surface area (Å²) in [6, 6.07) is 6.91. The number of aromatic nitrogens is 1. The predicted molar refractivity (Wildman–Crippen MR) is 131 cm³/mol. The van der Waals surface area contributed by atoms with Gasteiger partial charge in [0, 0.05) is 50.7 Å². The van der Waals surface area contributed by atoms with Gasteiger partial charge in [-0.1, -0.05) is 12.1 Å². The van der Waals surface area contributed by atoms with Crippen LogP contribution in [0.15, 0.2) is 34.6 Å². The van der Waals surface area contributed by atoms with Crippen LogP contribution in [-0.4, -0.2) is 62.3 Å². The number of benzene rings is 1. The molecule has 1 aliphatic heterocycles. The summed E-state index contributed by atoms with van der Waals surface area (Å²) in [7, 11) is 1.78. The first-order valence-corrected chi connectivity index (χ1v) is 11.0. The lowest BCUT2D eigenvalue weighted by Crippen LogP contribution is -2.46. The monoisotopic (exact) mass is 547 g/mol. The molecular formula is C21H31FIN5OS. The molecule has 1 unspecified atom stereocenters. The molecule has 0 saturated carbocycles. The predicted octanol–water partition coefficient (Wildman–Crippen LogP) is 3.38. The molecule has 1 saturated heterocycles. The zero-order valence-corrected chi connectivity index (χ0v) is 20.7. The number of nitrogens with one attached hydrogen (secondary N) is 2. The molecule has 166 valence electrons. The second-order valence-electron chi connectivity index (χ2n) is 7.08. The summed E-state index contributed by atoms with van der Waals surface area (Å²) in [5.41, 5.74) is 2.18. The van der Waals surface area contributed by atoms with Gasteiger partial charge in [0.05, 0.1) is 24.3 Å². The van der Waals surface area contributed by atoms with Crippen LogP contribution >= 0.6 is 35.3 Å². The van der Waals surface area contributed by atoms with Gasteiger partial charge in [0.2, 0.25) is 0 Å². The van der Waals surface area contributed by atoms with Crippen LogP contribution < -0.4 is 10.6 Å². The van der Waals surface area contributed by atoms with Crippen LogP contribution in [0.4, 0.5) is 4.39 Å². The van der Waals surface area contributed by atoms with E-state index in [4.69, 9.17) is 4.74 Å². The van der Waals surface area contributed by atoms with E-state index in [1.165, 1.54) is 17.1 Å². The Morgan fingerprint density at radius 1 is 1.27 bits per heavy atom. The standard InChI is InChI=1S/C21H30FN5OS.HI/c1-16-15-29-20(26-16)4-3-9-24-21(23-2)25-14-19(27-10-12-28-13-11-27)17-5-7-18(22)8-6-17;/h5-8,15,19H,3-4,9-14H2,1-2H3,(H2,23,24,25);1H.